The number of aromatic nitrogens is 2. The monoisotopic (exact) mass is 290 g/mol. The standard InChI is InChI=1S/C15H18N2O2S/c1-4-10(3)20-14-11-8-6-7-9-12(11)16-17-13(14)15(18)19-5-2/h6-10H,4-5H2,1-3H3. The molecule has 106 valence electrons. The van der Waals surface area contributed by atoms with Crippen LogP contribution in [0.5, 0.6) is 0 Å². The highest BCUT2D eigenvalue weighted by Gasteiger charge is 2.20. The molecule has 0 saturated carbocycles. The topological polar surface area (TPSA) is 52.1 Å². The summed E-state index contributed by atoms with van der Waals surface area (Å²) in [7, 11) is 0. The molecule has 1 unspecified atom stereocenters. The highest BCUT2D eigenvalue weighted by Crippen LogP contribution is 2.33. The summed E-state index contributed by atoms with van der Waals surface area (Å²) in [6.45, 7) is 6.38. The first-order valence-corrected chi connectivity index (χ1v) is 7.64. The molecule has 1 heterocycles. The van der Waals surface area contributed by atoms with Gasteiger partial charge in [-0.05, 0) is 19.4 Å². The molecule has 0 aliphatic carbocycles. The molecule has 2 rings (SSSR count). The van der Waals surface area contributed by atoms with Crippen LogP contribution in [0, 0.1) is 0 Å². The van der Waals surface area contributed by atoms with Gasteiger partial charge < -0.3 is 4.74 Å². The van der Waals surface area contributed by atoms with Crippen LogP contribution in [-0.2, 0) is 4.74 Å². The molecule has 0 aliphatic heterocycles. The zero-order valence-electron chi connectivity index (χ0n) is 11.9. The molecule has 0 saturated heterocycles. The van der Waals surface area contributed by atoms with E-state index < -0.39 is 5.97 Å². The summed E-state index contributed by atoms with van der Waals surface area (Å²) in [5.74, 6) is -0.406. The first-order chi connectivity index (χ1) is 9.67. The Morgan fingerprint density at radius 2 is 2.05 bits per heavy atom. The van der Waals surface area contributed by atoms with E-state index in [1.54, 1.807) is 18.7 Å². The molecule has 20 heavy (non-hydrogen) atoms. The predicted molar refractivity (Wildman–Crippen MR) is 81.1 cm³/mol. The number of hydrogen-bond donors (Lipinski definition) is 0. The van der Waals surface area contributed by atoms with Gasteiger partial charge in [-0.25, -0.2) is 4.79 Å². The number of hydrogen-bond acceptors (Lipinski definition) is 5. The van der Waals surface area contributed by atoms with E-state index in [4.69, 9.17) is 4.74 Å². The van der Waals surface area contributed by atoms with Crippen LogP contribution in [0.25, 0.3) is 10.9 Å². The second-order valence-corrected chi connectivity index (χ2v) is 5.90. The first kappa shape index (κ1) is 14.8. The smallest absolute Gasteiger partial charge is 0.360 e. The summed E-state index contributed by atoms with van der Waals surface area (Å²) < 4.78 is 5.08. The second kappa shape index (κ2) is 6.70. The third-order valence-electron chi connectivity index (χ3n) is 2.98. The Balaban J connectivity index is 2.55. The van der Waals surface area contributed by atoms with Crippen molar-refractivity contribution in [3.63, 3.8) is 0 Å². The van der Waals surface area contributed by atoms with Crippen molar-refractivity contribution in [3.05, 3.63) is 30.0 Å². The minimum atomic E-state index is -0.406. The van der Waals surface area contributed by atoms with E-state index in [1.807, 2.05) is 24.3 Å². The third kappa shape index (κ3) is 3.10. The largest absolute Gasteiger partial charge is 0.461 e. The number of rotatable bonds is 5. The number of thioether (sulfide) groups is 1. The number of nitrogens with zero attached hydrogens (tertiary/aromatic N) is 2. The van der Waals surface area contributed by atoms with Crippen LogP contribution in [0.2, 0.25) is 0 Å². The lowest BCUT2D eigenvalue weighted by Crippen LogP contribution is -2.11. The number of ether oxygens (including phenoxy) is 1. The van der Waals surface area contributed by atoms with Crippen LogP contribution in [0.1, 0.15) is 37.7 Å². The molecular weight excluding hydrogens is 272 g/mol. The highest BCUT2D eigenvalue weighted by atomic mass is 32.2. The maximum Gasteiger partial charge on any atom is 0.360 e. The molecule has 0 radical (unpaired) electrons. The van der Waals surface area contributed by atoms with E-state index in [1.165, 1.54) is 0 Å². The molecule has 0 spiro atoms. The van der Waals surface area contributed by atoms with E-state index in [2.05, 4.69) is 24.0 Å². The Kier molecular flexibility index (Phi) is 4.95. The lowest BCUT2D eigenvalue weighted by molar-refractivity contribution is 0.0514. The minimum absolute atomic E-state index is 0.316. The average Bonchev–Trinajstić information content (AvgIpc) is 2.47. The minimum Gasteiger partial charge on any atom is -0.461 e. The van der Waals surface area contributed by atoms with E-state index in [0.29, 0.717) is 17.6 Å². The van der Waals surface area contributed by atoms with Crippen LogP contribution in [0.15, 0.2) is 29.2 Å². The normalized spacial score (nSPS) is 12.3. The number of carbonyl (C=O) groups is 1. The van der Waals surface area contributed by atoms with Crippen molar-refractivity contribution in [3.8, 4) is 0 Å². The molecule has 2 aromatic rings. The van der Waals surface area contributed by atoms with E-state index in [0.717, 1.165) is 22.2 Å². The van der Waals surface area contributed by atoms with Crippen LogP contribution in [0.3, 0.4) is 0 Å². The fourth-order valence-electron chi connectivity index (χ4n) is 1.77. The molecule has 1 aromatic carbocycles. The number of benzene rings is 1. The van der Waals surface area contributed by atoms with E-state index in [-0.39, 0.29) is 0 Å². The van der Waals surface area contributed by atoms with Gasteiger partial charge in [-0.3, -0.25) is 0 Å². The summed E-state index contributed by atoms with van der Waals surface area (Å²) >= 11 is 1.65. The number of esters is 1. The van der Waals surface area contributed by atoms with Crippen molar-refractivity contribution < 1.29 is 9.53 Å². The van der Waals surface area contributed by atoms with E-state index in [9.17, 15) is 4.79 Å². The van der Waals surface area contributed by atoms with Gasteiger partial charge in [0.25, 0.3) is 0 Å². The summed E-state index contributed by atoms with van der Waals surface area (Å²) in [6, 6.07) is 7.73. The van der Waals surface area contributed by atoms with Crippen LogP contribution in [0.4, 0.5) is 0 Å². The van der Waals surface area contributed by atoms with Crippen LogP contribution in [-0.4, -0.2) is 28.0 Å². The van der Waals surface area contributed by atoms with Gasteiger partial charge in [0.2, 0.25) is 0 Å². The van der Waals surface area contributed by atoms with Gasteiger partial charge in [0.15, 0.2) is 5.69 Å². The molecule has 0 N–H and O–H groups in total. The summed E-state index contributed by atoms with van der Waals surface area (Å²) in [4.78, 5) is 12.9. The van der Waals surface area contributed by atoms with Crippen molar-refractivity contribution in [2.45, 2.75) is 37.3 Å². The molecule has 1 aromatic heterocycles. The first-order valence-electron chi connectivity index (χ1n) is 6.76. The van der Waals surface area contributed by atoms with Gasteiger partial charge in [0, 0.05) is 10.6 Å². The lowest BCUT2D eigenvalue weighted by Gasteiger charge is -2.13. The van der Waals surface area contributed by atoms with Crippen LogP contribution < -0.4 is 0 Å². The molecule has 1 atom stereocenters. The van der Waals surface area contributed by atoms with Crippen molar-refractivity contribution in [2.24, 2.45) is 0 Å². The maximum absolute atomic E-state index is 12.0. The molecular formula is C15H18N2O2S. The fourth-order valence-corrected chi connectivity index (χ4v) is 2.87. The zero-order valence-corrected chi connectivity index (χ0v) is 12.7. The molecule has 5 heteroatoms. The van der Waals surface area contributed by atoms with Crippen molar-refractivity contribution >= 4 is 28.6 Å². The number of carbonyl (C=O) groups excluding carboxylic acids is 1. The van der Waals surface area contributed by atoms with Gasteiger partial charge in [-0.2, -0.15) is 0 Å². The highest BCUT2D eigenvalue weighted by molar-refractivity contribution is 8.00. The van der Waals surface area contributed by atoms with E-state index >= 15 is 0 Å². The molecule has 0 aliphatic rings. The Morgan fingerprint density at radius 1 is 1.30 bits per heavy atom. The summed E-state index contributed by atoms with van der Waals surface area (Å²) in [6.07, 6.45) is 1.02. The summed E-state index contributed by atoms with van der Waals surface area (Å²) in [5.41, 5.74) is 1.11. The quantitative estimate of drug-likeness (QED) is 0.621. The zero-order chi connectivity index (χ0) is 14.5. The fraction of sp³-hybridized carbons (Fsp3) is 0.400. The van der Waals surface area contributed by atoms with Gasteiger partial charge >= 0.3 is 5.97 Å². The Bertz CT molecular complexity index is 616. The van der Waals surface area contributed by atoms with Gasteiger partial charge in [0.05, 0.1) is 17.0 Å². The van der Waals surface area contributed by atoms with Crippen molar-refractivity contribution in [1.82, 2.24) is 10.2 Å². The van der Waals surface area contributed by atoms with Crippen molar-refractivity contribution in [1.29, 1.82) is 0 Å². The van der Waals surface area contributed by atoms with Crippen LogP contribution >= 0.6 is 11.8 Å². The van der Waals surface area contributed by atoms with Crippen molar-refractivity contribution in [2.75, 3.05) is 6.61 Å². The SMILES string of the molecule is CCOC(=O)c1nnc2ccccc2c1SC(C)CC. The average molecular weight is 290 g/mol. The predicted octanol–water partition coefficient (Wildman–Crippen LogP) is 3.70. The third-order valence-corrected chi connectivity index (χ3v) is 4.37. The Morgan fingerprint density at radius 3 is 2.75 bits per heavy atom. The Labute approximate surface area is 122 Å². The molecule has 4 nitrogen and oxygen atoms in total. The maximum atomic E-state index is 12.0. The molecule has 0 fully saturated rings. The molecule has 0 bridgehead atoms. The second-order valence-electron chi connectivity index (χ2n) is 4.45. The van der Waals surface area contributed by atoms with Gasteiger partial charge in [-0.1, -0.05) is 32.0 Å². The number of fused-ring (bicyclic) bond motifs is 1. The summed E-state index contributed by atoms with van der Waals surface area (Å²) in [5, 5.41) is 9.53. The Hall–Kier alpha value is -1.62. The lowest BCUT2D eigenvalue weighted by atomic mass is 10.2. The molecule has 0 amide bonds. The van der Waals surface area contributed by atoms with Gasteiger partial charge in [-0.15, -0.1) is 22.0 Å². The van der Waals surface area contributed by atoms with Gasteiger partial charge in [0.1, 0.15) is 0 Å².